The molecule has 1 aromatic carbocycles. The molecule has 1 aromatic rings. The van der Waals surface area contributed by atoms with Crippen LogP contribution in [0, 0.1) is 5.92 Å². The molecular weight excluding hydrogens is 256 g/mol. The summed E-state index contributed by atoms with van der Waals surface area (Å²) in [4.78, 5) is 11.1. The number of hydrogen-bond acceptors (Lipinski definition) is 4. The second kappa shape index (κ2) is 4.61. The van der Waals surface area contributed by atoms with Crippen molar-refractivity contribution in [3.05, 3.63) is 29.8 Å². The minimum atomic E-state index is -3.27. The van der Waals surface area contributed by atoms with Gasteiger partial charge in [-0.2, -0.15) is 0 Å². The first kappa shape index (κ1) is 12.9. The van der Waals surface area contributed by atoms with Gasteiger partial charge < -0.3 is 9.84 Å². The summed E-state index contributed by atoms with van der Waals surface area (Å²) in [5.74, 6) is -2.11. The first-order valence-electron chi connectivity index (χ1n) is 5.50. The topological polar surface area (TPSA) is 80.7 Å². The van der Waals surface area contributed by atoms with E-state index in [0.717, 1.165) is 5.56 Å². The largest absolute Gasteiger partial charge is 0.497 e. The fourth-order valence-electron chi connectivity index (χ4n) is 2.27. The number of carboxylic acid groups (broad SMARTS) is 1. The van der Waals surface area contributed by atoms with Crippen molar-refractivity contribution < 1.29 is 23.1 Å². The summed E-state index contributed by atoms with van der Waals surface area (Å²) in [7, 11) is -1.73. The predicted octanol–water partition coefficient (Wildman–Crippen LogP) is 0.908. The Morgan fingerprint density at radius 3 is 2.39 bits per heavy atom. The molecule has 0 saturated carbocycles. The molecule has 1 aliphatic rings. The number of carbonyl (C=O) groups is 1. The molecule has 18 heavy (non-hydrogen) atoms. The van der Waals surface area contributed by atoms with Crippen molar-refractivity contribution >= 4 is 15.8 Å². The maximum atomic E-state index is 11.6. The van der Waals surface area contributed by atoms with Crippen LogP contribution >= 0.6 is 0 Å². The summed E-state index contributed by atoms with van der Waals surface area (Å²) in [6, 6.07) is 6.86. The van der Waals surface area contributed by atoms with E-state index in [9.17, 15) is 13.2 Å². The van der Waals surface area contributed by atoms with Crippen molar-refractivity contribution in [2.45, 2.75) is 5.92 Å². The van der Waals surface area contributed by atoms with Crippen LogP contribution in [0.15, 0.2) is 24.3 Å². The molecule has 1 fully saturated rings. The second-order valence-corrected chi connectivity index (χ2v) is 6.56. The van der Waals surface area contributed by atoms with Crippen LogP contribution in [-0.2, 0) is 14.6 Å². The van der Waals surface area contributed by atoms with Gasteiger partial charge >= 0.3 is 5.97 Å². The minimum absolute atomic E-state index is 0.101. The zero-order valence-electron chi connectivity index (χ0n) is 9.87. The Balaban J connectivity index is 2.32. The van der Waals surface area contributed by atoms with Gasteiger partial charge in [-0.05, 0) is 17.7 Å². The fraction of sp³-hybridized carbons (Fsp3) is 0.417. The summed E-state index contributed by atoms with van der Waals surface area (Å²) < 4.78 is 28.1. The molecule has 5 nitrogen and oxygen atoms in total. The van der Waals surface area contributed by atoms with Crippen LogP contribution in [0.2, 0.25) is 0 Å². The van der Waals surface area contributed by atoms with Gasteiger partial charge in [-0.3, -0.25) is 4.79 Å². The third kappa shape index (κ3) is 2.48. The van der Waals surface area contributed by atoms with Crippen LogP contribution in [0.4, 0.5) is 0 Å². The van der Waals surface area contributed by atoms with Crippen LogP contribution in [0.3, 0.4) is 0 Å². The number of ether oxygens (including phenoxy) is 1. The molecule has 0 aromatic heterocycles. The molecule has 0 amide bonds. The van der Waals surface area contributed by atoms with E-state index in [1.807, 2.05) is 0 Å². The summed E-state index contributed by atoms with van der Waals surface area (Å²) in [6.45, 7) is 0. The van der Waals surface area contributed by atoms with Crippen molar-refractivity contribution in [1.82, 2.24) is 0 Å². The highest BCUT2D eigenvalue weighted by molar-refractivity contribution is 7.91. The highest BCUT2D eigenvalue weighted by Gasteiger charge is 2.42. The number of benzene rings is 1. The third-order valence-electron chi connectivity index (χ3n) is 3.21. The number of methoxy groups -OCH3 is 1. The average molecular weight is 270 g/mol. The molecule has 0 spiro atoms. The van der Waals surface area contributed by atoms with Gasteiger partial charge in [-0.15, -0.1) is 0 Å². The molecule has 98 valence electrons. The summed E-state index contributed by atoms with van der Waals surface area (Å²) in [6.07, 6.45) is 0. The number of carboxylic acids is 1. The van der Waals surface area contributed by atoms with Crippen molar-refractivity contribution in [3.8, 4) is 5.75 Å². The smallest absolute Gasteiger partial charge is 0.308 e. The van der Waals surface area contributed by atoms with Gasteiger partial charge in [0.15, 0.2) is 9.84 Å². The summed E-state index contributed by atoms with van der Waals surface area (Å²) in [5.41, 5.74) is 0.726. The molecular formula is C12H14O5S. The van der Waals surface area contributed by atoms with E-state index in [-0.39, 0.29) is 11.5 Å². The Hall–Kier alpha value is -1.56. The first-order valence-corrected chi connectivity index (χ1v) is 7.32. The van der Waals surface area contributed by atoms with E-state index < -0.39 is 27.6 Å². The molecule has 0 radical (unpaired) electrons. The van der Waals surface area contributed by atoms with Gasteiger partial charge in [0.2, 0.25) is 0 Å². The van der Waals surface area contributed by atoms with Gasteiger partial charge in [-0.1, -0.05) is 12.1 Å². The Kier molecular flexibility index (Phi) is 3.30. The highest BCUT2D eigenvalue weighted by atomic mass is 32.2. The van der Waals surface area contributed by atoms with Crippen LogP contribution in [-0.4, -0.2) is 38.1 Å². The number of sulfone groups is 1. The first-order chi connectivity index (χ1) is 8.43. The lowest BCUT2D eigenvalue weighted by molar-refractivity contribution is -0.141. The zero-order valence-corrected chi connectivity index (χ0v) is 10.7. The lowest BCUT2D eigenvalue weighted by atomic mass is 9.89. The molecule has 2 atom stereocenters. The summed E-state index contributed by atoms with van der Waals surface area (Å²) >= 11 is 0. The number of hydrogen-bond donors (Lipinski definition) is 1. The molecule has 0 unspecified atom stereocenters. The molecule has 1 saturated heterocycles. The maximum absolute atomic E-state index is 11.6. The van der Waals surface area contributed by atoms with Gasteiger partial charge in [0, 0.05) is 5.92 Å². The van der Waals surface area contributed by atoms with Crippen LogP contribution < -0.4 is 4.74 Å². The molecule has 2 rings (SSSR count). The van der Waals surface area contributed by atoms with Crippen molar-refractivity contribution in [3.63, 3.8) is 0 Å². The Morgan fingerprint density at radius 2 is 1.89 bits per heavy atom. The normalized spacial score (nSPS) is 25.8. The maximum Gasteiger partial charge on any atom is 0.308 e. The standard InChI is InChI=1S/C12H14O5S/c1-17-9-4-2-8(3-5-9)10-6-18(15,16)7-11(10)12(13)14/h2-5,10-11H,6-7H2,1H3,(H,13,14)/t10-,11-/m0/s1. The minimum Gasteiger partial charge on any atom is -0.497 e. The number of aliphatic carboxylic acids is 1. The second-order valence-electron chi connectivity index (χ2n) is 4.40. The van der Waals surface area contributed by atoms with Crippen LogP contribution in [0.5, 0.6) is 5.75 Å². The van der Waals surface area contributed by atoms with E-state index in [0.29, 0.717) is 5.75 Å². The Labute approximate surface area is 105 Å². The Morgan fingerprint density at radius 1 is 1.28 bits per heavy atom. The van der Waals surface area contributed by atoms with E-state index >= 15 is 0 Å². The molecule has 1 heterocycles. The van der Waals surface area contributed by atoms with Crippen molar-refractivity contribution in [2.24, 2.45) is 5.92 Å². The van der Waals surface area contributed by atoms with Gasteiger partial charge in [0.05, 0.1) is 24.5 Å². The van der Waals surface area contributed by atoms with Gasteiger partial charge in [-0.25, -0.2) is 8.42 Å². The van der Waals surface area contributed by atoms with E-state index in [1.54, 1.807) is 24.3 Å². The highest BCUT2D eigenvalue weighted by Crippen LogP contribution is 2.35. The van der Waals surface area contributed by atoms with Crippen molar-refractivity contribution in [2.75, 3.05) is 18.6 Å². The quantitative estimate of drug-likeness (QED) is 0.883. The third-order valence-corrected chi connectivity index (χ3v) is 4.95. The summed E-state index contributed by atoms with van der Waals surface area (Å²) in [5, 5.41) is 9.09. The van der Waals surface area contributed by atoms with Crippen LogP contribution in [0.1, 0.15) is 11.5 Å². The van der Waals surface area contributed by atoms with E-state index in [4.69, 9.17) is 9.84 Å². The molecule has 1 aliphatic heterocycles. The molecule has 0 aliphatic carbocycles. The monoisotopic (exact) mass is 270 g/mol. The molecule has 1 N–H and O–H groups in total. The lowest BCUT2D eigenvalue weighted by Gasteiger charge is -2.14. The molecule has 0 bridgehead atoms. The van der Waals surface area contributed by atoms with Crippen molar-refractivity contribution in [1.29, 1.82) is 0 Å². The predicted molar refractivity (Wildman–Crippen MR) is 65.5 cm³/mol. The lowest BCUT2D eigenvalue weighted by Crippen LogP contribution is -2.20. The van der Waals surface area contributed by atoms with E-state index in [2.05, 4.69) is 0 Å². The van der Waals surface area contributed by atoms with Crippen LogP contribution in [0.25, 0.3) is 0 Å². The fourth-order valence-corrected chi connectivity index (χ4v) is 4.30. The van der Waals surface area contributed by atoms with Gasteiger partial charge in [0.25, 0.3) is 0 Å². The number of rotatable bonds is 3. The van der Waals surface area contributed by atoms with E-state index in [1.165, 1.54) is 7.11 Å². The average Bonchev–Trinajstić information content (AvgIpc) is 2.66. The van der Waals surface area contributed by atoms with Gasteiger partial charge in [0.1, 0.15) is 5.75 Å². The zero-order chi connectivity index (χ0) is 13.3. The molecule has 6 heteroatoms. The Bertz CT molecular complexity index is 546. The SMILES string of the molecule is COc1ccc([C@@H]2CS(=O)(=O)C[C@@H]2C(=O)O)cc1.